The molecule has 116 valence electrons. The van der Waals surface area contributed by atoms with Crippen LogP contribution in [-0.4, -0.2) is 30.3 Å². The maximum absolute atomic E-state index is 11.7. The third kappa shape index (κ3) is 5.06. The topological polar surface area (TPSA) is 58.6 Å². The molecule has 0 spiro atoms. The Balaban J connectivity index is 1.65. The van der Waals surface area contributed by atoms with Crippen molar-refractivity contribution in [3.05, 3.63) is 28.2 Å². The van der Waals surface area contributed by atoms with Crippen LogP contribution in [0.4, 0.5) is 0 Å². The van der Waals surface area contributed by atoms with E-state index in [1.807, 2.05) is 0 Å². The van der Waals surface area contributed by atoms with E-state index in [1.165, 1.54) is 0 Å². The Morgan fingerprint density at radius 1 is 1.33 bits per heavy atom. The molecule has 1 aliphatic carbocycles. The first-order chi connectivity index (χ1) is 10.1. The molecule has 1 aromatic carbocycles. The lowest BCUT2D eigenvalue weighted by atomic mass is 10.1. The molecule has 1 aliphatic rings. The minimum Gasteiger partial charge on any atom is -0.493 e. The van der Waals surface area contributed by atoms with Gasteiger partial charge in [0.2, 0.25) is 5.91 Å². The monoisotopic (exact) mass is 331 g/mol. The molecule has 2 N–H and O–H groups in total. The fraction of sp³-hybridized carbons (Fsp3) is 0.533. The fourth-order valence-corrected chi connectivity index (χ4v) is 2.70. The van der Waals surface area contributed by atoms with Crippen LogP contribution in [0.25, 0.3) is 0 Å². The fourth-order valence-electron chi connectivity index (χ4n) is 2.42. The standard InChI is InChI=1S/C15H19Cl2NO3/c16-12-5-4-11(8-13(12)17)21-7-6-15(20)18-9-10-2-1-3-14(10)19/h4-5,8,10,14,19H,1-3,6-7,9H2,(H,18,20). The van der Waals surface area contributed by atoms with Crippen LogP contribution in [-0.2, 0) is 4.79 Å². The van der Waals surface area contributed by atoms with Gasteiger partial charge in [-0.25, -0.2) is 0 Å². The summed E-state index contributed by atoms with van der Waals surface area (Å²) < 4.78 is 5.45. The van der Waals surface area contributed by atoms with Gasteiger partial charge in [0.15, 0.2) is 0 Å². The number of nitrogens with one attached hydrogen (secondary N) is 1. The molecule has 0 heterocycles. The van der Waals surface area contributed by atoms with Gasteiger partial charge in [-0.15, -0.1) is 0 Å². The summed E-state index contributed by atoms with van der Waals surface area (Å²) in [6.45, 7) is 0.809. The van der Waals surface area contributed by atoms with E-state index in [1.54, 1.807) is 18.2 Å². The van der Waals surface area contributed by atoms with E-state index in [-0.39, 0.29) is 31.0 Å². The van der Waals surface area contributed by atoms with Gasteiger partial charge in [-0.3, -0.25) is 4.79 Å². The second kappa shape index (κ2) is 7.87. The highest BCUT2D eigenvalue weighted by atomic mass is 35.5. The number of amides is 1. The highest BCUT2D eigenvalue weighted by molar-refractivity contribution is 6.42. The van der Waals surface area contributed by atoms with Crippen molar-refractivity contribution >= 4 is 29.1 Å². The summed E-state index contributed by atoms with van der Waals surface area (Å²) in [4.78, 5) is 11.7. The van der Waals surface area contributed by atoms with Gasteiger partial charge in [0, 0.05) is 18.5 Å². The quantitative estimate of drug-likeness (QED) is 0.842. The highest BCUT2D eigenvalue weighted by Gasteiger charge is 2.25. The van der Waals surface area contributed by atoms with Crippen molar-refractivity contribution in [3.8, 4) is 5.75 Å². The summed E-state index contributed by atoms with van der Waals surface area (Å²) >= 11 is 11.7. The van der Waals surface area contributed by atoms with E-state index in [9.17, 15) is 9.90 Å². The SMILES string of the molecule is O=C(CCOc1ccc(Cl)c(Cl)c1)NCC1CCCC1O. The second-order valence-corrected chi connectivity index (χ2v) is 6.05. The highest BCUT2D eigenvalue weighted by Crippen LogP contribution is 2.26. The minimum atomic E-state index is -0.280. The van der Waals surface area contributed by atoms with E-state index in [4.69, 9.17) is 27.9 Å². The zero-order valence-electron chi connectivity index (χ0n) is 11.6. The number of ether oxygens (including phenoxy) is 1. The molecule has 0 bridgehead atoms. The van der Waals surface area contributed by atoms with Gasteiger partial charge >= 0.3 is 0 Å². The van der Waals surface area contributed by atoms with Gasteiger partial charge < -0.3 is 15.2 Å². The van der Waals surface area contributed by atoms with Gasteiger partial charge in [-0.2, -0.15) is 0 Å². The number of hydrogen-bond donors (Lipinski definition) is 2. The van der Waals surface area contributed by atoms with Gasteiger partial charge in [0.1, 0.15) is 5.75 Å². The third-order valence-corrected chi connectivity index (χ3v) is 4.41. The summed E-state index contributed by atoms with van der Waals surface area (Å²) in [5.74, 6) is 0.697. The first-order valence-corrected chi connectivity index (χ1v) is 7.84. The molecule has 2 unspecified atom stereocenters. The maximum atomic E-state index is 11.7. The molecule has 0 aromatic heterocycles. The van der Waals surface area contributed by atoms with Gasteiger partial charge in [-0.1, -0.05) is 29.6 Å². The van der Waals surface area contributed by atoms with Crippen LogP contribution >= 0.6 is 23.2 Å². The van der Waals surface area contributed by atoms with Gasteiger partial charge in [0.25, 0.3) is 0 Å². The molecule has 0 saturated heterocycles. The Hall–Kier alpha value is -0.970. The van der Waals surface area contributed by atoms with E-state index < -0.39 is 0 Å². The number of carbonyl (C=O) groups excluding carboxylic acids is 1. The smallest absolute Gasteiger partial charge is 0.223 e. The average Bonchev–Trinajstić information content (AvgIpc) is 2.86. The third-order valence-electron chi connectivity index (χ3n) is 3.67. The Bertz CT molecular complexity index is 496. The Kier molecular flexibility index (Phi) is 6.15. The number of aliphatic hydroxyl groups is 1. The zero-order chi connectivity index (χ0) is 15.2. The molecule has 0 radical (unpaired) electrons. The lowest BCUT2D eigenvalue weighted by Crippen LogP contribution is -2.33. The number of benzene rings is 1. The number of carbonyl (C=O) groups is 1. The molecule has 2 rings (SSSR count). The molecule has 6 heteroatoms. The molecule has 1 amide bonds. The Labute approximate surface area is 134 Å². The summed E-state index contributed by atoms with van der Waals surface area (Å²) in [5, 5.41) is 13.4. The van der Waals surface area contributed by atoms with Gasteiger partial charge in [-0.05, 0) is 25.0 Å². The molecule has 0 aliphatic heterocycles. The molecule has 21 heavy (non-hydrogen) atoms. The van der Waals surface area contributed by atoms with Crippen LogP contribution in [0.1, 0.15) is 25.7 Å². The Morgan fingerprint density at radius 3 is 2.81 bits per heavy atom. The zero-order valence-corrected chi connectivity index (χ0v) is 13.2. The van der Waals surface area contributed by atoms with Crippen LogP contribution in [0.15, 0.2) is 18.2 Å². The van der Waals surface area contributed by atoms with Crippen LogP contribution in [0.5, 0.6) is 5.75 Å². The maximum Gasteiger partial charge on any atom is 0.223 e. The Morgan fingerprint density at radius 2 is 2.14 bits per heavy atom. The minimum absolute atomic E-state index is 0.0749. The molecule has 4 nitrogen and oxygen atoms in total. The van der Waals surface area contributed by atoms with Crippen molar-refractivity contribution in [2.24, 2.45) is 5.92 Å². The molecular formula is C15H19Cl2NO3. The van der Waals surface area contributed by atoms with Crippen molar-refractivity contribution in [2.75, 3.05) is 13.2 Å². The number of rotatable bonds is 6. The summed E-state index contributed by atoms with van der Waals surface area (Å²) in [6.07, 6.45) is 2.82. The van der Waals surface area contributed by atoms with E-state index in [0.29, 0.717) is 22.3 Å². The van der Waals surface area contributed by atoms with Crippen molar-refractivity contribution in [1.82, 2.24) is 5.32 Å². The largest absolute Gasteiger partial charge is 0.493 e. The average molecular weight is 332 g/mol. The van der Waals surface area contributed by atoms with Crippen molar-refractivity contribution in [2.45, 2.75) is 31.8 Å². The first kappa shape index (κ1) is 16.4. The molecule has 1 saturated carbocycles. The number of aliphatic hydroxyl groups excluding tert-OH is 1. The molecular weight excluding hydrogens is 313 g/mol. The molecule has 1 aromatic rings. The summed E-state index contributed by atoms with van der Waals surface area (Å²) in [6, 6.07) is 4.98. The van der Waals surface area contributed by atoms with Crippen LogP contribution in [0.3, 0.4) is 0 Å². The second-order valence-electron chi connectivity index (χ2n) is 5.24. The van der Waals surface area contributed by atoms with E-state index in [0.717, 1.165) is 19.3 Å². The molecule has 1 fully saturated rings. The lowest BCUT2D eigenvalue weighted by molar-refractivity contribution is -0.121. The van der Waals surface area contributed by atoms with Crippen molar-refractivity contribution < 1.29 is 14.6 Å². The normalized spacial score (nSPS) is 21.3. The molecule has 2 atom stereocenters. The summed E-state index contributed by atoms with van der Waals surface area (Å²) in [5.41, 5.74) is 0. The predicted octanol–water partition coefficient (Wildman–Crippen LogP) is 3.04. The first-order valence-electron chi connectivity index (χ1n) is 7.09. The number of halogens is 2. The summed E-state index contributed by atoms with van der Waals surface area (Å²) in [7, 11) is 0. The van der Waals surface area contributed by atoms with Crippen molar-refractivity contribution in [3.63, 3.8) is 0 Å². The van der Waals surface area contributed by atoms with E-state index in [2.05, 4.69) is 5.32 Å². The van der Waals surface area contributed by atoms with Gasteiger partial charge in [0.05, 0.1) is 29.2 Å². The van der Waals surface area contributed by atoms with E-state index >= 15 is 0 Å². The lowest BCUT2D eigenvalue weighted by Gasteiger charge is -2.15. The number of hydrogen-bond acceptors (Lipinski definition) is 3. The van der Waals surface area contributed by atoms with Crippen molar-refractivity contribution in [1.29, 1.82) is 0 Å². The van der Waals surface area contributed by atoms with Crippen LogP contribution in [0.2, 0.25) is 10.0 Å². The predicted molar refractivity (Wildman–Crippen MR) is 82.9 cm³/mol. The van der Waals surface area contributed by atoms with Crippen LogP contribution in [0, 0.1) is 5.92 Å². The van der Waals surface area contributed by atoms with Crippen LogP contribution < -0.4 is 10.1 Å².